The van der Waals surface area contributed by atoms with Crippen molar-refractivity contribution in [1.29, 1.82) is 0 Å². The zero-order chi connectivity index (χ0) is 29.4. The molecule has 0 atom stereocenters. The van der Waals surface area contributed by atoms with Gasteiger partial charge < -0.3 is 21.1 Å². The van der Waals surface area contributed by atoms with Gasteiger partial charge in [0.2, 0.25) is 5.91 Å². The number of aromatic nitrogens is 4. The van der Waals surface area contributed by atoms with Crippen molar-refractivity contribution in [1.82, 2.24) is 19.5 Å². The summed E-state index contributed by atoms with van der Waals surface area (Å²) in [5.74, 6) is 0.797. The number of methoxy groups -OCH3 is 1. The van der Waals surface area contributed by atoms with Crippen LogP contribution in [0.1, 0.15) is 12.5 Å². The summed E-state index contributed by atoms with van der Waals surface area (Å²) >= 11 is 0. The lowest BCUT2D eigenvalue weighted by Crippen LogP contribution is -2.35. The highest BCUT2D eigenvalue weighted by atomic mass is 16.5. The first-order valence-electron chi connectivity index (χ1n) is 13.0. The molecule has 42 heavy (non-hydrogen) atoms. The van der Waals surface area contributed by atoms with Gasteiger partial charge in [0.05, 0.1) is 18.4 Å². The summed E-state index contributed by atoms with van der Waals surface area (Å²) in [6.07, 6.45) is 1.62. The average Bonchev–Trinajstić information content (AvgIpc) is 3.37. The maximum atomic E-state index is 11.9. The van der Waals surface area contributed by atoms with E-state index < -0.39 is 10.9 Å². The maximum absolute atomic E-state index is 11.9. The van der Waals surface area contributed by atoms with Crippen LogP contribution in [0, 0.1) is 0 Å². The number of nitrogens with zero attached hydrogens (tertiary/aromatic N) is 4. The fourth-order valence-corrected chi connectivity index (χ4v) is 4.79. The van der Waals surface area contributed by atoms with Gasteiger partial charge in [-0.25, -0.2) is 15.0 Å². The third-order valence-electron chi connectivity index (χ3n) is 6.80. The molecule has 0 fully saturated rings. The fourth-order valence-electron chi connectivity index (χ4n) is 4.79. The number of imidazole rings is 1. The number of benzene rings is 2. The van der Waals surface area contributed by atoms with E-state index in [-0.39, 0.29) is 17.3 Å². The van der Waals surface area contributed by atoms with Gasteiger partial charge in [-0.1, -0.05) is 24.3 Å². The summed E-state index contributed by atoms with van der Waals surface area (Å²) in [6.45, 7) is 1.78. The Balaban J connectivity index is 1.41. The molecule has 6 rings (SSSR count). The summed E-state index contributed by atoms with van der Waals surface area (Å²) in [5.41, 5.74) is 11.0. The highest BCUT2D eigenvalue weighted by Crippen LogP contribution is 2.32. The first kappa shape index (κ1) is 26.4. The van der Waals surface area contributed by atoms with Crippen LogP contribution >= 0.6 is 0 Å². The molecule has 0 radical (unpaired) electrons. The lowest BCUT2D eigenvalue weighted by atomic mass is 10.1. The largest absolute Gasteiger partial charge is 0.491 e. The number of anilines is 3. The van der Waals surface area contributed by atoms with Gasteiger partial charge in [-0.05, 0) is 54.1 Å². The second-order valence-electron chi connectivity index (χ2n) is 9.59. The number of carbonyl (C=O) groups excluding carboxylic acids is 1. The van der Waals surface area contributed by atoms with Crippen LogP contribution in [0.25, 0.3) is 39.5 Å². The Morgan fingerprint density at radius 3 is 2.52 bits per heavy atom. The SMILES string of the molecule is COc1c(NCc2ccc(-n3c(-c4cccnc4N)nc4ccc(-c5cccc(NC(C)=O)c5)nc43)cc2)c(=O)c1=O. The van der Waals surface area contributed by atoms with Crippen LogP contribution in [0.15, 0.2) is 88.6 Å². The number of ether oxygens (including phenoxy) is 1. The van der Waals surface area contributed by atoms with Crippen LogP contribution < -0.4 is 32.0 Å². The molecule has 0 unspecified atom stereocenters. The van der Waals surface area contributed by atoms with Gasteiger partial charge in [-0.3, -0.25) is 19.0 Å². The Hall–Kier alpha value is -5.84. The molecule has 0 saturated heterocycles. The second kappa shape index (κ2) is 10.6. The molecule has 4 N–H and O–H groups in total. The number of nitrogen functional groups attached to an aromatic ring is 1. The Labute approximate surface area is 239 Å². The molecule has 0 aliphatic carbocycles. The van der Waals surface area contributed by atoms with Crippen LogP contribution in [0.3, 0.4) is 0 Å². The number of nitrogens with one attached hydrogen (secondary N) is 2. The molecule has 11 nitrogen and oxygen atoms in total. The van der Waals surface area contributed by atoms with Crippen LogP contribution in [0.4, 0.5) is 17.2 Å². The number of carbonyl (C=O) groups is 1. The maximum Gasteiger partial charge on any atom is 0.271 e. The molecule has 208 valence electrons. The molecule has 1 amide bonds. The first-order valence-corrected chi connectivity index (χ1v) is 13.0. The fraction of sp³-hybridized carbons (Fsp3) is 0.0968. The second-order valence-corrected chi connectivity index (χ2v) is 9.59. The van der Waals surface area contributed by atoms with Crippen molar-refractivity contribution in [3.63, 3.8) is 0 Å². The minimum atomic E-state index is -0.627. The highest BCUT2D eigenvalue weighted by molar-refractivity contribution is 5.90. The van der Waals surface area contributed by atoms with E-state index in [1.54, 1.807) is 12.3 Å². The van der Waals surface area contributed by atoms with Crippen molar-refractivity contribution in [3.05, 3.63) is 105 Å². The van der Waals surface area contributed by atoms with Gasteiger partial charge in [0, 0.05) is 36.6 Å². The van der Waals surface area contributed by atoms with E-state index in [0.717, 1.165) is 16.8 Å². The zero-order valence-corrected chi connectivity index (χ0v) is 22.7. The van der Waals surface area contributed by atoms with E-state index in [4.69, 9.17) is 20.4 Å². The number of rotatable bonds is 8. The van der Waals surface area contributed by atoms with Gasteiger partial charge in [0.25, 0.3) is 10.9 Å². The molecule has 3 aromatic heterocycles. The third-order valence-corrected chi connectivity index (χ3v) is 6.80. The van der Waals surface area contributed by atoms with Gasteiger partial charge in [0.15, 0.2) is 17.2 Å². The van der Waals surface area contributed by atoms with E-state index in [1.165, 1.54) is 14.0 Å². The molecule has 0 spiro atoms. The minimum absolute atomic E-state index is 0.0460. The van der Waals surface area contributed by atoms with Crippen LogP contribution in [0.2, 0.25) is 0 Å². The van der Waals surface area contributed by atoms with E-state index >= 15 is 0 Å². The lowest BCUT2D eigenvalue weighted by Gasteiger charge is -2.13. The van der Waals surface area contributed by atoms with Crippen molar-refractivity contribution in [2.45, 2.75) is 13.5 Å². The van der Waals surface area contributed by atoms with E-state index in [2.05, 4.69) is 15.6 Å². The number of hydrogen-bond donors (Lipinski definition) is 3. The Bertz CT molecular complexity index is 2040. The molecule has 0 bridgehead atoms. The average molecular weight is 560 g/mol. The third kappa shape index (κ3) is 4.73. The quantitative estimate of drug-likeness (QED) is 0.236. The number of pyridine rings is 2. The molecule has 6 aromatic rings. The highest BCUT2D eigenvalue weighted by Gasteiger charge is 2.22. The van der Waals surface area contributed by atoms with Crippen LogP contribution in [-0.4, -0.2) is 32.5 Å². The minimum Gasteiger partial charge on any atom is -0.491 e. The normalized spacial score (nSPS) is 11.1. The Kier molecular flexibility index (Phi) is 6.67. The van der Waals surface area contributed by atoms with Gasteiger partial charge in [-0.15, -0.1) is 0 Å². The summed E-state index contributed by atoms with van der Waals surface area (Å²) < 4.78 is 6.92. The van der Waals surface area contributed by atoms with E-state index in [1.807, 2.05) is 71.3 Å². The van der Waals surface area contributed by atoms with Gasteiger partial charge >= 0.3 is 0 Å². The van der Waals surface area contributed by atoms with Crippen molar-refractivity contribution >= 4 is 34.3 Å². The van der Waals surface area contributed by atoms with Gasteiger partial charge in [-0.2, -0.15) is 0 Å². The number of fused-ring (bicyclic) bond motifs is 1. The molecule has 0 aliphatic heterocycles. The summed E-state index contributed by atoms with van der Waals surface area (Å²) in [7, 11) is 1.36. The van der Waals surface area contributed by atoms with Crippen LogP contribution in [0.5, 0.6) is 5.75 Å². The molecule has 11 heteroatoms. The molecule has 0 aliphatic rings. The molecule has 3 heterocycles. The van der Waals surface area contributed by atoms with Crippen LogP contribution in [-0.2, 0) is 11.3 Å². The van der Waals surface area contributed by atoms with Crippen molar-refractivity contribution in [2.24, 2.45) is 0 Å². The summed E-state index contributed by atoms with van der Waals surface area (Å²) in [5, 5.41) is 5.79. The topological polar surface area (TPSA) is 154 Å². The molecular weight excluding hydrogens is 534 g/mol. The Morgan fingerprint density at radius 1 is 0.976 bits per heavy atom. The summed E-state index contributed by atoms with van der Waals surface area (Å²) in [6, 6.07) is 22.5. The van der Waals surface area contributed by atoms with Crippen molar-refractivity contribution < 1.29 is 9.53 Å². The smallest absolute Gasteiger partial charge is 0.271 e. The predicted molar refractivity (Wildman–Crippen MR) is 161 cm³/mol. The predicted octanol–water partition coefficient (Wildman–Crippen LogP) is 3.91. The monoisotopic (exact) mass is 559 g/mol. The van der Waals surface area contributed by atoms with Crippen molar-refractivity contribution in [3.8, 4) is 34.1 Å². The van der Waals surface area contributed by atoms with E-state index in [9.17, 15) is 14.4 Å². The van der Waals surface area contributed by atoms with E-state index in [0.29, 0.717) is 46.3 Å². The summed E-state index contributed by atoms with van der Waals surface area (Å²) in [4.78, 5) is 49.2. The van der Waals surface area contributed by atoms with Gasteiger partial charge in [0.1, 0.15) is 17.0 Å². The zero-order valence-electron chi connectivity index (χ0n) is 22.7. The molecular formula is C31H25N7O4. The number of nitrogens with two attached hydrogens (primary N) is 1. The number of hydrogen-bond acceptors (Lipinski definition) is 9. The molecule has 0 saturated carbocycles. The number of amides is 1. The van der Waals surface area contributed by atoms with Crippen molar-refractivity contribution in [2.75, 3.05) is 23.5 Å². The first-order chi connectivity index (χ1) is 20.3. The Morgan fingerprint density at radius 2 is 1.79 bits per heavy atom. The molecule has 3 aromatic carbocycles. The lowest BCUT2D eigenvalue weighted by molar-refractivity contribution is -0.114. The standard InChI is InChI=1S/C31H25N7O4/c1-17(39)35-20-6-3-5-19(15-20)23-12-13-24-31(36-23)38(30(37-24)22-7-4-14-33-29(22)32)21-10-8-18(9-11-21)16-34-25-26(40)27(41)28(25)42-2/h3-15,34H,16H2,1-2H3,(H2,32,33)(H,35,39).